The van der Waals surface area contributed by atoms with E-state index in [0.717, 1.165) is 43.8 Å². The van der Waals surface area contributed by atoms with Crippen molar-refractivity contribution < 1.29 is 9.50 Å². The summed E-state index contributed by atoms with van der Waals surface area (Å²) < 4.78 is 15.8. The van der Waals surface area contributed by atoms with Crippen molar-refractivity contribution in [2.75, 3.05) is 24.6 Å². The maximum atomic E-state index is 13.8. The molecule has 0 saturated carbocycles. The fourth-order valence-electron chi connectivity index (χ4n) is 3.01. The van der Waals surface area contributed by atoms with Crippen LogP contribution in [0.15, 0.2) is 18.2 Å². The minimum absolute atomic E-state index is 0.203. The lowest BCUT2D eigenvalue weighted by Gasteiger charge is -2.24. The molecule has 20 heavy (non-hydrogen) atoms. The predicted octanol–water partition coefficient (Wildman–Crippen LogP) is 2.31. The fourth-order valence-corrected chi connectivity index (χ4v) is 3.01. The maximum Gasteiger partial charge on any atom is 0.206 e. The Morgan fingerprint density at radius 2 is 2.25 bits per heavy atom. The van der Waals surface area contributed by atoms with Crippen LogP contribution in [0.3, 0.4) is 0 Å². The highest BCUT2D eigenvalue weighted by Gasteiger charge is 2.22. The van der Waals surface area contributed by atoms with Crippen LogP contribution in [0.1, 0.15) is 19.3 Å². The van der Waals surface area contributed by atoms with Gasteiger partial charge in [-0.3, -0.25) is 0 Å². The highest BCUT2D eigenvalue weighted by molar-refractivity contribution is 5.79. The number of halogens is 1. The van der Waals surface area contributed by atoms with Gasteiger partial charge in [0.1, 0.15) is 5.52 Å². The van der Waals surface area contributed by atoms with Gasteiger partial charge in [-0.1, -0.05) is 12.5 Å². The minimum Gasteiger partial charge on any atom is -0.396 e. The molecular weight excluding hydrogens is 257 g/mol. The van der Waals surface area contributed by atoms with Gasteiger partial charge in [0, 0.05) is 26.7 Å². The van der Waals surface area contributed by atoms with E-state index < -0.39 is 0 Å². The van der Waals surface area contributed by atoms with Crippen molar-refractivity contribution in [1.29, 1.82) is 0 Å². The summed E-state index contributed by atoms with van der Waals surface area (Å²) >= 11 is 0. The third-order valence-corrected chi connectivity index (χ3v) is 4.15. The summed E-state index contributed by atoms with van der Waals surface area (Å²) in [5, 5.41) is 9.42. The lowest BCUT2D eigenvalue weighted by molar-refractivity contribution is 0.223. The van der Waals surface area contributed by atoms with Crippen LogP contribution in [-0.2, 0) is 7.05 Å². The number of anilines is 1. The first-order valence-electron chi connectivity index (χ1n) is 7.17. The maximum absolute atomic E-state index is 13.8. The second kappa shape index (κ2) is 5.40. The molecule has 5 heteroatoms. The minimum atomic E-state index is -0.280. The molecule has 1 aliphatic rings. The Balaban J connectivity index is 2.00. The summed E-state index contributed by atoms with van der Waals surface area (Å²) in [5.74, 6) is 0.797. The summed E-state index contributed by atoms with van der Waals surface area (Å²) in [6.07, 6.45) is 3.26. The Morgan fingerprint density at radius 3 is 3.00 bits per heavy atom. The Hall–Kier alpha value is -1.62. The molecule has 2 heterocycles. The Morgan fingerprint density at radius 1 is 1.40 bits per heavy atom. The summed E-state index contributed by atoms with van der Waals surface area (Å²) in [6, 6.07) is 5.04. The van der Waals surface area contributed by atoms with E-state index in [1.807, 2.05) is 17.7 Å². The molecular formula is C15H20FN3O. The van der Waals surface area contributed by atoms with E-state index in [9.17, 15) is 9.50 Å². The topological polar surface area (TPSA) is 41.3 Å². The molecule has 1 N–H and O–H groups in total. The zero-order valence-electron chi connectivity index (χ0n) is 11.7. The van der Waals surface area contributed by atoms with Gasteiger partial charge >= 0.3 is 0 Å². The highest BCUT2D eigenvalue weighted by Crippen LogP contribution is 2.26. The summed E-state index contributed by atoms with van der Waals surface area (Å²) in [5.41, 5.74) is 1.24. The third-order valence-electron chi connectivity index (χ3n) is 4.15. The van der Waals surface area contributed by atoms with Crippen LogP contribution in [0.2, 0.25) is 0 Å². The number of hydrogen-bond acceptors (Lipinski definition) is 3. The van der Waals surface area contributed by atoms with Gasteiger partial charge in [-0.15, -0.1) is 0 Å². The number of benzene rings is 1. The predicted molar refractivity (Wildman–Crippen MR) is 77.3 cm³/mol. The fraction of sp³-hybridized carbons (Fsp3) is 0.533. The molecule has 0 aliphatic carbocycles. The van der Waals surface area contributed by atoms with Crippen LogP contribution in [0.4, 0.5) is 10.3 Å². The number of hydrogen-bond donors (Lipinski definition) is 1. The molecule has 1 aromatic carbocycles. The zero-order valence-corrected chi connectivity index (χ0v) is 11.7. The van der Waals surface area contributed by atoms with Gasteiger partial charge in [-0.05, 0) is 30.9 Å². The smallest absolute Gasteiger partial charge is 0.206 e. The van der Waals surface area contributed by atoms with Crippen molar-refractivity contribution >= 4 is 17.0 Å². The summed E-state index contributed by atoms with van der Waals surface area (Å²) in [6.45, 7) is 1.90. The number of aromatic nitrogens is 2. The van der Waals surface area contributed by atoms with Gasteiger partial charge in [0.2, 0.25) is 5.95 Å². The quantitative estimate of drug-likeness (QED) is 0.916. The molecule has 1 aliphatic heterocycles. The van der Waals surface area contributed by atoms with Crippen LogP contribution >= 0.6 is 0 Å². The SMILES string of the molecule is Cn1c(N2CCCCC(CO)C2)nc2c(F)cccc21. The first-order chi connectivity index (χ1) is 9.70. The third kappa shape index (κ3) is 2.26. The normalized spacial score (nSPS) is 20.4. The van der Waals surface area contributed by atoms with E-state index in [1.54, 1.807) is 6.07 Å². The Labute approximate surface area is 117 Å². The van der Waals surface area contributed by atoms with Gasteiger partial charge in [-0.2, -0.15) is 0 Å². The van der Waals surface area contributed by atoms with Crippen molar-refractivity contribution in [1.82, 2.24) is 9.55 Å². The Bertz CT molecular complexity index is 610. The van der Waals surface area contributed by atoms with Gasteiger partial charge in [-0.25, -0.2) is 9.37 Å². The number of rotatable bonds is 2. The molecule has 108 valence electrons. The molecule has 3 rings (SSSR count). The lowest BCUT2D eigenvalue weighted by atomic mass is 10.1. The molecule has 1 fully saturated rings. The van der Waals surface area contributed by atoms with Crippen molar-refractivity contribution in [3.05, 3.63) is 24.0 Å². The summed E-state index contributed by atoms with van der Waals surface area (Å²) in [4.78, 5) is 6.65. The van der Waals surface area contributed by atoms with Gasteiger partial charge < -0.3 is 14.6 Å². The average Bonchev–Trinajstić information content (AvgIpc) is 2.65. The Kier molecular flexibility index (Phi) is 3.61. The first kappa shape index (κ1) is 13.4. The molecule has 1 unspecified atom stereocenters. The second-order valence-electron chi connectivity index (χ2n) is 5.57. The molecule has 0 amide bonds. The molecule has 1 saturated heterocycles. The van der Waals surface area contributed by atoms with Crippen LogP contribution in [-0.4, -0.2) is 34.4 Å². The average molecular weight is 277 g/mol. The standard InChI is InChI=1S/C15H20FN3O/c1-18-13-7-4-6-12(16)14(13)17-15(18)19-8-3-2-5-11(9-19)10-20/h4,6-7,11,20H,2-3,5,8-10H2,1H3. The van der Waals surface area contributed by atoms with Gasteiger partial charge in [0.15, 0.2) is 5.82 Å². The highest BCUT2D eigenvalue weighted by atomic mass is 19.1. The zero-order chi connectivity index (χ0) is 14.1. The van der Waals surface area contributed by atoms with Gasteiger partial charge in [0.05, 0.1) is 5.52 Å². The van der Waals surface area contributed by atoms with E-state index in [4.69, 9.17) is 0 Å². The van der Waals surface area contributed by atoms with E-state index in [-0.39, 0.29) is 18.3 Å². The number of para-hydroxylation sites is 1. The first-order valence-corrected chi connectivity index (χ1v) is 7.17. The molecule has 2 aromatic rings. The van der Waals surface area contributed by atoms with E-state index >= 15 is 0 Å². The van der Waals surface area contributed by atoms with Crippen molar-refractivity contribution in [2.24, 2.45) is 13.0 Å². The van der Waals surface area contributed by atoms with Crippen LogP contribution < -0.4 is 4.90 Å². The monoisotopic (exact) mass is 277 g/mol. The van der Waals surface area contributed by atoms with Crippen LogP contribution in [0, 0.1) is 11.7 Å². The van der Waals surface area contributed by atoms with Crippen molar-refractivity contribution in [3.63, 3.8) is 0 Å². The molecule has 0 spiro atoms. The number of fused-ring (bicyclic) bond motifs is 1. The molecule has 1 atom stereocenters. The summed E-state index contributed by atoms with van der Waals surface area (Å²) in [7, 11) is 1.92. The molecule has 0 bridgehead atoms. The van der Waals surface area contributed by atoms with Crippen LogP contribution in [0.25, 0.3) is 11.0 Å². The van der Waals surface area contributed by atoms with E-state index in [2.05, 4.69) is 9.88 Å². The molecule has 1 aromatic heterocycles. The molecule has 0 radical (unpaired) electrons. The van der Waals surface area contributed by atoms with Crippen molar-refractivity contribution in [2.45, 2.75) is 19.3 Å². The van der Waals surface area contributed by atoms with E-state index in [1.165, 1.54) is 6.07 Å². The number of nitrogens with zero attached hydrogens (tertiary/aromatic N) is 3. The number of aryl methyl sites for hydroxylation is 1. The number of aliphatic hydroxyl groups is 1. The number of imidazole rings is 1. The van der Waals surface area contributed by atoms with Gasteiger partial charge in [0.25, 0.3) is 0 Å². The van der Waals surface area contributed by atoms with Crippen LogP contribution in [0.5, 0.6) is 0 Å². The van der Waals surface area contributed by atoms with Crippen molar-refractivity contribution in [3.8, 4) is 0 Å². The molecule has 4 nitrogen and oxygen atoms in total. The second-order valence-corrected chi connectivity index (χ2v) is 5.57. The largest absolute Gasteiger partial charge is 0.396 e. The lowest BCUT2D eigenvalue weighted by Crippen LogP contribution is -2.31. The number of aliphatic hydroxyl groups excluding tert-OH is 1. The van der Waals surface area contributed by atoms with E-state index in [0.29, 0.717) is 5.52 Å².